The highest BCUT2D eigenvalue weighted by atomic mass is 19.3. The van der Waals surface area contributed by atoms with Gasteiger partial charge in [0, 0.05) is 24.8 Å². The van der Waals surface area contributed by atoms with E-state index in [1.54, 1.807) is 23.1 Å². The van der Waals surface area contributed by atoms with Crippen molar-refractivity contribution in [3.05, 3.63) is 53.5 Å². The summed E-state index contributed by atoms with van der Waals surface area (Å²) < 4.78 is 63.7. The summed E-state index contributed by atoms with van der Waals surface area (Å²) in [6.07, 6.45) is 0.273. The zero-order valence-corrected chi connectivity index (χ0v) is 19.1. The maximum atomic E-state index is 13.9. The third-order valence-electron chi connectivity index (χ3n) is 7.78. The number of pyridine rings is 1. The Labute approximate surface area is 200 Å². The van der Waals surface area contributed by atoms with Crippen molar-refractivity contribution in [2.24, 2.45) is 11.8 Å². The van der Waals surface area contributed by atoms with Crippen LogP contribution < -0.4 is 9.47 Å². The number of ether oxygens (including phenoxy) is 4. The van der Waals surface area contributed by atoms with Gasteiger partial charge in [-0.15, -0.1) is 0 Å². The fourth-order valence-corrected chi connectivity index (χ4v) is 5.81. The van der Waals surface area contributed by atoms with Gasteiger partial charge in [0.1, 0.15) is 36.1 Å². The molecule has 0 spiro atoms. The highest BCUT2D eigenvalue weighted by Crippen LogP contribution is 2.64. The number of rotatable bonds is 5. The van der Waals surface area contributed by atoms with Crippen molar-refractivity contribution in [3.63, 3.8) is 0 Å². The summed E-state index contributed by atoms with van der Waals surface area (Å²) in [5.74, 6) is -3.97. The number of methoxy groups -OCH3 is 1. The molecule has 3 heterocycles. The van der Waals surface area contributed by atoms with E-state index >= 15 is 0 Å². The molecule has 0 radical (unpaired) electrons. The molecule has 2 saturated carbocycles. The van der Waals surface area contributed by atoms with Gasteiger partial charge < -0.3 is 23.8 Å². The lowest BCUT2D eigenvalue weighted by Gasteiger charge is -2.41. The number of nitrogens with zero attached hydrogens (tertiary/aromatic N) is 2. The topological polar surface area (TPSA) is 70.1 Å². The number of fused-ring (bicyclic) bond motifs is 2. The van der Waals surface area contributed by atoms with Crippen molar-refractivity contribution in [1.82, 2.24) is 9.88 Å². The van der Waals surface area contributed by atoms with Gasteiger partial charge in [-0.1, -0.05) is 12.1 Å². The smallest absolute Gasteiger partial charge is 0.272 e. The molecular weight excluding hydrogens is 465 g/mol. The van der Waals surface area contributed by atoms with Crippen molar-refractivity contribution in [3.8, 4) is 11.6 Å². The van der Waals surface area contributed by atoms with Crippen LogP contribution in [0.5, 0.6) is 11.6 Å². The summed E-state index contributed by atoms with van der Waals surface area (Å²) in [6, 6.07) is 9.40. The van der Waals surface area contributed by atoms with E-state index in [1.165, 1.54) is 19.2 Å². The van der Waals surface area contributed by atoms with Gasteiger partial charge in [0.15, 0.2) is 5.75 Å². The second kappa shape index (κ2) is 8.09. The van der Waals surface area contributed by atoms with Crippen LogP contribution in [0.2, 0.25) is 0 Å². The minimum atomic E-state index is -2.56. The number of alkyl halides is 2. The Morgan fingerprint density at radius 1 is 1.20 bits per heavy atom. The van der Waals surface area contributed by atoms with Gasteiger partial charge in [-0.2, -0.15) is 0 Å². The summed E-state index contributed by atoms with van der Waals surface area (Å²) in [5.41, 5.74) is 0.0587. The number of halogens is 3. The lowest BCUT2D eigenvalue weighted by atomic mass is 9.82. The van der Waals surface area contributed by atoms with Crippen LogP contribution in [0.4, 0.5) is 13.2 Å². The van der Waals surface area contributed by atoms with Gasteiger partial charge in [0.25, 0.3) is 17.7 Å². The van der Waals surface area contributed by atoms with Crippen LogP contribution in [0, 0.1) is 17.7 Å². The number of amides is 1. The van der Waals surface area contributed by atoms with Crippen molar-refractivity contribution >= 4 is 5.91 Å². The third-order valence-corrected chi connectivity index (χ3v) is 7.78. The number of hydrogen-bond acceptors (Lipinski definition) is 6. The van der Waals surface area contributed by atoms with Crippen molar-refractivity contribution in [2.45, 2.75) is 43.0 Å². The molecule has 6 rings (SSSR count). The summed E-state index contributed by atoms with van der Waals surface area (Å²) in [5, 5.41) is 0. The van der Waals surface area contributed by atoms with Crippen LogP contribution in [0.25, 0.3) is 0 Å². The van der Waals surface area contributed by atoms with Crippen LogP contribution in [0.15, 0.2) is 36.4 Å². The number of hydrogen-bond donors (Lipinski definition) is 0. The maximum absolute atomic E-state index is 13.9. The molecule has 0 N–H and O–H groups in total. The van der Waals surface area contributed by atoms with Gasteiger partial charge in [0.2, 0.25) is 0 Å². The van der Waals surface area contributed by atoms with E-state index in [0.717, 1.165) is 0 Å². The Kier molecular flexibility index (Phi) is 5.23. The quantitative estimate of drug-likeness (QED) is 0.636. The number of carbonyl (C=O) groups excluding carboxylic acids is 1. The predicted molar refractivity (Wildman–Crippen MR) is 116 cm³/mol. The Morgan fingerprint density at radius 2 is 2.00 bits per heavy atom. The van der Waals surface area contributed by atoms with Crippen molar-refractivity contribution in [1.29, 1.82) is 0 Å². The highest BCUT2D eigenvalue weighted by Gasteiger charge is 2.72. The van der Waals surface area contributed by atoms with Crippen LogP contribution in [0.1, 0.15) is 35.3 Å². The Hall–Kier alpha value is -2.85. The Morgan fingerprint density at radius 3 is 2.74 bits per heavy atom. The van der Waals surface area contributed by atoms with E-state index < -0.39 is 29.5 Å². The first-order chi connectivity index (χ1) is 16.8. The summed E-state index contributed by atoms with van der Waals surface area (Å²) in [7, 11) is 1.42. The maximum Gasteiger partial charge on any atom is 0.272 e. The Balaban J connectivity index is 1.15. The molecule has 35 heavy (non-hydrogen) atoms. The third kappa shape index (κ3) is 3.65. The number of carbonyl (C=O) groups is 1. The van der Waals surface area contributed by atoms with E-state index in [2.05, 4.69) is 4.98 Å². The SMILES string of the molecule is COc1nc(C(=O)N2CC[C@]3(c4cccc(F)c4)OCOC3C2)ccc1O[C@H]1CC2[C@H](C1)C2(F)F. The fourth-order valence-electron chi connectivity index (χ4n) is 5.81. The van der Waals surface area contributed by atoms with Crippen LogP contribution in [-0.2, 0) is 15.1 Å². The van der Waals surface area contributed by atoms with Gasteiger partial charge in [-0.25, -0.2) is 18.2 Å². The first-order valence-electron chi connectivity index (χ1n) is 11.7. The largest absolute Gasteiger partial charge is 0.485 e. The van der Waals surface area contributed by atoms with Crippen LogP contribution >= 0.6 is 0 Å². The minimum absolute atomic E-state index is 0.0656. The molecule has 186 valence electrons. The number of aromatic nitrogens is 1. The number of piperidine rings is 1. The van der Waals surface area contributed by atoms with Gasteiger partial charge in [-0.3, -0.25) is 4.79 Å². The fraction of sp³-hybridized carbons (Fsp3) is 0.520. The predicted octanol–water partition coefficient (Wildman–Crippen LogP) is 3.77. The molecule has 2 aliphatic heterocycles. The normalized spacial score (nSPS) is 32.6. The standard InChI is InChI=1S/C25H25F3N2O5/c1-32-22-20(35-16-10-17-18(11-16)25(17,27)28)6-5-19(29-22)23(31)30-8-7-24(21(12-30)33-13-34-24)14-3-2-4-15(26)9-14/h2-6,9,16-18,21H,7-8,10-13H2,1H3/t16-,17+,18?,21?,24-/m1/s1. The first kappa shape index (κ1) is 22.6. The molecule has 5 atom stereocenters. The molecule has 1 amide bonds. The summed E-state index contributed by atoms with van der Waals surface area (Å²) in [6.45, 7) is 0.698. The second-order valence-electron chi connectivity index (χ2n) is 9.62. The lowest BCUT2D eigenvalue weighted by Crippen LogP contribution is -2.53. The zero-order valence-electron chi connectivity index (χ0n) is 19.1. The lowest BCUT2D eigenvalue weighted by molar-refractivity contribution is -0.0441. The molecule has 2 unspecified atom stereocenters. The summed E-state index contributed by atoms with van der Waals surface area (Å²) in [4.78, 5) is 19.2. The molecule has 0 bridgehead atoms. The molecule has 4 fully saturated rings. The van der Waals surface area contributed by atoms with E-state index in [1.807, 2.05) is 6.07 Å². The number of benzene rings is 1. The average Bonchev–Trinajstić information content (AvgIpc) is 3.27. The highest BCUT2D eigenvalue weighted by molar-refractivity contribution is 5.92. The van der Waals surface area contributed by atoms with Gasteiger partial charge in [0.05, 0.1) is 13.7 Å². The monoisotopic (exact) mass is 490 g/mol. The molecule has 1 aromatic carbocycles. The Bertz CT molecular complexity index is 1150. The van der Waals surface area contributed by atoms with E-state index in [-0.39, 0.29) is 42.7 Å². The van der Waals surface area contributed by atoms with Crippen molar-refractivity contribution in [2.75, 3.05) is 27.0 Å². The summed E-state index contributed by atoms with van der Waals surface area (Å²) >= 11 is 0. The molecule has 2 aromatic rings. The van der Waals surface area contributed by atoms with Crippen LogP contribution in [0.3, 0.4) is 0 Å². The van der Waals surface area contributed by atoms with Crippen LogP contribution in [-0.4, -0.2) is 60.9 Å². The molecule has 2 aliphatic carbocycles. The van der Waals surface area contributed by atoms with Gasteiger partial charge >= 0.3 is 0 Å². The molecule has 4 aliphatic rings. The zero-order chi connectivity index (χ0) is 24.4. The number of likely N-dealkylation sites (tertiary alicyclic amines) is 1. The van der Waals surface area contributed by atoms with E-state index in [0.29, 0.717) is 37.1 Å². The van der Waals surface area contributed by atoms with E-state index in [9.17, 15) is 18.0 Å². The average molecular weight is 490 g/mol. The molecule has 2 saturated heterocycles. The molecular formula is C25H25F3N2O5. The molecule has 1 aromatic heterocycles. The van der Waals surface area contributed by atoms with Crippen molar-refractivity contribution < 1.29 is 36.9 Å². The first-order valence-corrected chi connectivity index (χ1v) is 11.7. The minimum Gasteiger partial charge on any atom is -0.485 e. The van der Waals surface area contributed by atoms with Gasteiger partial charge in [-0.05, 0) is 42.7 Å². The molecule has 10 heteroatoms. The van der Waals surface area contributed by atoms with E-state index in [4.69, 9.17) is 18.9 Å². The molecule has 7 nitrogen and oxygen atoms in total. The second-order valence-corrected chi connectivity index (χ2v) is 9.62.